The lowest BCUT2D eigenvalue weighted by Crippen LogP contribution is -2.05. The van der Waals surface area contributed by atoms with Crippen molar-refractivity contribution in [2.24, 2.45) is 0 Å². The second kappa shape index (κ2) is 6.27. The van der Waals surface area contributed by atoms with E-state index >= 15 is 0 Å². The first kappa shape index (κ1) is 17.4. The fraction of sp³-hybridized carbons (Fsp3) is 0.125. The first-order valence-corrected chi connectivity index (χ1v) is 9.67. The van der Waals surface area contributed by atoms with Crippen molar-refractivity contribution in [3.63, 3.8) is 0 Å². The van der Waals surface area contributed by atoms with E-state index in [4.69, 9.17) is 0 Å². The van der Waals surface area contributed by atoms with E-state index < -0.39 is 20.0 Å². The van der Waals surface area contributed by atoms with Gasteiger partial charge in [0, 0.05) is 5.41 Å². The van der Waals surface area contributed by atoms with E-state index in [1.165, 1.54) is 25.1 Å². The van der Waals surface area contributed by atoms with E-state index in [1.807, 2.05) is 0 Å². The van der Waals surface area contributed by atoms with Crippen molar-refractivity contribution >= 4 is 26.0 Å². The molecule has 122 valence electrons. The summed E-state index contributed by atoms with van der Waals surface area (Å²) < 4.78 is 57.1. The van der Waals surface area contributed by atoms with Gasteiger partial charge in [0.15, 0.2) is 9.84 Å². The molecule has 2 rings (SSSR count). The number of sulfone groups is 1. The molecule has 0 radical (unpaired) electrons. The van der Waals surface area contributed by atoms with Gasteiger partial charge in [-0.05, 0) is 48.7 Å². The highest BCUT2D eigenvalue weighted by Gasteiger charge is 2.19. The van der Waals surface area contributed by atoms with Crippen LogP contribution in [0.4, 0.5) is 0 Å². The molecule has 0 spiro atoms. The second-order valence-corrected chi connectivity index (χ2v) is 8.27. The summed E-state index contributed by atoms with van der Waals surface area (Å²) in [5.41, 5.74) is 1.05. The third-order valence-corrected chi connectivity index (χ3v) is 5.84. The minimum atomic E-state index is -4.47. The fourth-order valence-electron chi connectivity index (χ4n) is 2.20. The monoisotopic (exact) mass is 352 g/mol. The maximum Gasteiger partial charge on any atom is 0.295 e. The largest absolute Gasteiger partial charge is 0.295 e. The molecule has 0 heterocycles. The van der Waals surface area contributed by atoms with Crippen molar-refractivity contribution in [3.05, 3.63) is 64.6 Å². The van der Waals surface area contributed by atoms with Gasteiger partial charge < -0.3 is 0 Å². The van der Waals surface area contributed by atoms with Crippen molar-refractivity contribution < 1.29 is 21.4 Å². The maximum absolute atomic E-state index is 12.3. The third-order valence-electron chi connectivity index (χ3n) is 3.35. The molecule has 2 aromatic rings. The molecule has 0 bridgehead atoms. The Morgan fingerprint density at radius 1 is 0.870 bits per heavy atom. The van der Waals surface area contributed by atoms with Crippen molar-refractivity contribution in [3.8, 4) is 0 Å². The molecule has 0 aromatic heterocycles. The molecule has 0 unspecified atom stereocenters. The van der Waals surface area contributed by atoms with Gasteiger partial charge in [-0.2, -0.15) is 8.42 Å². The third kappa shape index (κ3) is 3.87. The van der Waals surface area contributed by atoms with Crippen LogP contribution in [-0.2, 0) is 20.0 Å². The van der Waals surface area contributed by atoms with Gasteiger partial charge >= 0.3 is 0 Å². The van der Waals surface area contributed by atoms with Crippen LogP contribution in [0.3, 0.4) is 0 Å². The topological polar surface area (TPSA) is 88.5 Å². The molecule has 0 aliphatic carbocycles. The molecule has 0 aliphatic rings. The van der Waals surface area contributed by atoms with Gasteiger partial charge in [0.25, 0.3) is 10.1 Å². The quantitative estimate of drug-likeness (QED) is 0.855. The van der Waals surface area contributed by atoms with Crippen LogP contribution in [0, 0.1) is 13.8 Å². The molecule has 0 atom stereocenters. The smallest absolute Gasteiger partial charge is 0.282 e. The van der Waals surface area contributed by atoms with Crippen LogP contribution >= 0.6 is 0 Å². The summed E-state index contributed by atoms with van der Waals surface area (Å²) in [6, 6.07) is 11.0. The molecule has 0 amide bonds. The highest BCUT2D eigenvalue weighted by molar-refractivity contribution is 7.94. The number of benzene rings is 2. The van der Waals surface area contributed by atoms with Crippen LogP contribution in [0.1, 0.15) is 16.7 Å². The zero-order valence-electron chi connectivity index (χ0n) is 12.6. The minimum absolute atomic E-state index is 0.106. The average Bonchev–Trinajstić information content (AvgIpc) is 2.47. The van der Waals surface area contributed by atoms with E-state index in [2.05, 4.69) is 0 Å². The van der Waals surface area contributed by atoms with E-state index in [0.717, 1.165) is 5.41 Å². The van der Waals surface area contributed by atoms with Crippen molar-refractivity contribution in [1.29, 1.82) is 0 Å². The summed E-state index contributed by atoms with van der Waals surface area (Å²) in [7, 11) is -8.17. The highest BCUT2D eigenvalue weighted by Crippen LogP contribution is 2.26. The lowest BCUT2D eigenvalue weighted by molar-refractivity contribution is 0.482. The van der Waals surface area contributed by atoms with Gasteiger partial charge in [-0.1, -0.05) is 30.3 Å². The van der Waals surface area contributed by atoms with Crippen molar-refractivity contribution in [2.75, 3.05) is 0 Å². The summed E-state index contributed by atoms with van der Waals surface area (Å²) in [6.45, 7) is 3.18. The van der Waals surface area contributed by atoms with Gasteiger partial charge in [0.1, 0.15) is 4.90 Å². The predicted molar refractivity (Wildman–Crippen MR) is 88.4 cm³/mol. The summed E-state index contributed by atoms with van der Waals surface area (Å²) in [4.78, 5) is -0.174. The SMILES string of the molecule is Cc1ccc(C)c(S(=O)(=O)O)c1/C=C/S(=O)(=O)c1ccccc1. The first-order valence-electron chi connectivity index (χ1n) is 6.69. The Hall–Kier alpha value is -1.96. The van der Waals surface area contributed by atoms with Crippen molar-refractivity contribution in [1.82, 2.24) is 0 Å². The molecule has 0 fully saturated rings. The van der Waals surface area contributed by atoms with Crippen LogP contribution < -0.4 is 0 Å². The van der Waals surface area contributed by atoms with Crippen LogP contribution in [0.2, 0.25) is 0 Å². The van der Waals surface area contributed by atoms with Gasteiger partial charge in [-0.25, -0.2) is 8.42 Å². The number of hydrogen-bond donors (Lipinski definition) is 1. The van der Waals surface area contributed by atoms with Crippen LogP contribution in [0.25, 0.3) is 6.08 Å². The Morgan fingerprint density at radius 3 is 2.00 bits per heavy atom. The summed E-state index contributed by atoms with van der Waals surface area (Å²) in [5.74, 6) is 0. The lowest BCUT2D eigenvalue weighted by atomic mass is 10.1. The first-order chi connectivity index (χ1) is 10.6. The predicted octanol–water partition coefficient (Wildman–Crippen LogP) is 2.99. The number of aryl methyl sites for hydroxylation is 2. The van der Waals surface area contributed by atoms with E-state index in [0.29, 0.717) is 11.1 Å². The minimum Gasteiger partial charge on any atom is -0.282 e. The normalized spacial score (nSPS) is 12.7. The van der Waals surface area contributed by atoms with Crippen LogP contribution in [0.5, 0.6) is 0 Å². The molecule has 0 saturated carbocycles. The maximum atomic E-state index is 12.3. The Bertz CT molecular complexity index is 957. The van der Waals surface area contributed by atoms with Crippen molar-refractivity contribution in [2.45, 2.75) is 23.6 Å². The molecular weight excluding hydrogens is 336 g/mol. The van der Waals surface area contributed by atoms with E-state index in [1.54, 1.807) is 37.3 Å². The second-order valence-electron chi connectivity index (χ2n) is 5.08. The standard InChI is InChI=1S/C16H16O5S2/c1-12-8-9-13(2)16(23(19,20)21)15(12)10-11-22(17,18)14-6-4-3-5-7-14/h3-11H,1-2H3,(H,19,20,21)/b11-10+. The molecule has 2 aromatic carbocycles. The van der Waals surface area contributed by atoms with Gasteiger partial charge in [0.2, 0.25) is 0 Å². The Kier molecular flexibility index (Phi) is 4.74. The molecule has 0 aliphatic heterocycles. The number of hydrogen-bond acceptors (Lipinski definition) is 4. The summed E-state index contributed by atoms with van der Waals surface area (Å²) >= 11 is 0. The fourth-order valence-corrected chi connectivity index (χ4v) is 4.19. The highest BCUT2D eigenvalue weighted by atomic mass is 32.2. The van der Waals surface area contributed by atoms with Gasteiger partial charge in [-0.15, -0.1) is 0 Å². The lowest BCUT2D eigenvalue weighted by Gasteiger charge is -2.10. The summed E-state index contributed by atoms with van der Waals surface area (Å²) in [5, 5.41) is 0.943. The Labute approximate surface area is 136 Å². The molecule has 5 nitrogen and oxygen atoms in total. The number of rotatable bonds is 4. The van der Waals surface area contributed by atoms with Crippen LogP contribution in [-0.4, -0.2) is 21.4 Å². The summed E-state index contributed by atoms with van der Waals surface area (Å²) in [6.07, 6.45) is 1.20. The Morgan fingerprint density at radius 2 is 1.43 bits per heavy atom. The molecule has 0 saturated heterocycles. The zero-order valence-corrected chi connectivity index (χ0v) is 14.2. The van der Waals surface area contributed by atoms with Gasteiger partial charge in [0.05, 0.1) is 4.90 Å². The zero-order chi connectivity index (χ0) is 17.3. The Balaban J connectivity index is 2.59. The van der Waals surface area contributed by atoms with Crippen LogP contribution in [0.15, 0.2) is 57.7 Å². The van der Waals surface area contributed by atoms with Gasteiger partial charge in [-0.3, -0.25) is 4.55 Å². The van der Waals surface area contributed by atoms with E-state index in [9.17, 15) is 21.4 Å². The molecule has 1 N–H and O–H groups in total. The molecule has 23 heavy (non-hydrogen) atoms. The molecular formula is C16H16O5S2. The van der Waals surface area contributed by atoms with E-state index in [-0.39, 0.29) is 15.4 Å². The average molecular weight is 352 g/mol. The molecule has 7 heteroatoms.